The van der Waals surface area contributed by atoms with Crippen molar-refractivity contribution in [2.24, 2.45) is 0 Å². The Hall–Kier alpha value is -1.59. The standard InChI is InChI=1S/C42H77NO8/c1-3-5-7-9-11-13-15-17-18-20-22-24-26-28-30-32-38(46)43-35(34-50-42-41(49)40(48)39(47)37(33-44)51-42)36(45)31-29-27-25-23-21-19-16-14-12-10-8-6-4-2/h11,13,17-18,21,23,35-37,39-42,44-45,47-49H,3-10,12,14-16,19-20,22,24-34H2,1-2H3,(H,43,46)/b13-11+,18-17+,23-21+/t35-,36+,37-,39-,40?,41?,42-/m0/s1. The number of nitrogens with one attached hydrogen (secondary N) is 1. The second kappa shape index (κ2) is 33.0. The van der Waals surface area contributed by atoms with Crippen LogP contribution in [0.25, 0.3) is 0 Å². The van der Waals surface area contributed by atoms with Gasteiger partial charge in [-0.1, -0.05) is 127 Å². The van der Waals surface area contributed by atoms with E-state index in [1.54, 1.807) is 0 Å². The SMILES string of the molecule is CCCCC/C=C/C/C=C/CCCCCCCC(=O)N[C@@H](CO[C@H]1O[C@@H](CO)[C@H](O)C(O)C1O)[C@H](O)CCCC/C=C/CCCCCCCCC. The third-order valence-corrected chi connectivity index (χ3v) is 9.72. The average Bonchev–Trinajstić information content (AvgIpc) is 3.13. The van der Waals surface area contributed by atoms with Crippen LogP contribution in [-0.4, -0.2) is 87.5 Å². The molecule has 51 heavy (non-hydrogen) atoms. The summed E-state index contributed by atoms with van der Waals surface area (Å²) in [5, 5.41) is 54.1. The fourth-order valence-corrected chi connectivity index (χ4v) is 6.30. The first-order chi connectivity index (χ1) is 24.8. The molecule has 0 bridgehead atoms. The molecule has 1 amide bonds. The number of aliphatic hydroxyl groups excluding tert-OH is 5. The molecular weight excluding hydrogens is 646 g/mol. The van der Waals surface area contributed by atoms with Gasteiger partial charge in [0.15, 0.2) is 6.29 Å². The lowest BCUT2D eigenvalue weighted by Gasteiger charge is -2.40. The Morgan fingerprint density at radius 3 is 1.75 bits per heavy atom. The molecule has 7 atom stereocenters. The molecule has 1 heterocycles. The largest absolute Gasteiger partial charge is 0.394 e. The average molecular weight is 724 g/mol. The lowest BCUT2D eigenvalue weighted by atomic mass is 9.99. The van der Waals surface area contributed by atoms with Gasteiger partial charge in [-0.05, 0) is 70.6 Å². The summed E-state index contributed by atoms with van der Waals surface area (Å²) >= 11 is 0. The Morgan fingerprint density at radius 2 is 1.16 bits per heavy atom. The van der Waals surface area contributed by atoms with Crippen molar-refractivity contribution in [2.75, 3.05) is 13.2 Å². The van der Waals surface area contributed by atoms with Crippen molar-refractivity contribution in [1.29, 1.82) is 0 Å². The fourth-order valence-electron chi connectivity index (χ4n) is 6.30. The van der Waals surface area contributed by atoms with Gasteiger partial charge in [-0.15, -0.1) is 0 Å². The molecule has 9 nitrogen and oxygen atoms in total. The van der Waals surface area contributed by atoms with Crippen molar-refractivity contribution in [3.63, 3.8) is 0 Å². The number of hydrogen-bond donors (Lipinski definition) is 6. The maximum Gasteiger partial charge on any atom is 0.220 e. The van der Waals surface area contributed by atoms with Crippen LogP contribution in [0, 0.1) is 0 Å². The number of carbonyl (C=O) groups is 1. The second-order valence-electron chi connectivity index (χ2n) is 14.4. The molecule has 0 aromatic carbocycles. The summed E-state index contributed by atoms with van der Waals surface area (Å²) in [4.78, 5) is 12.9. The van der Waals surface area contributed by atoms with Crippen molar-refractivity contribution in [3.05, 3.63) is 36.5 Å². The normalized spacial score (nSPS) is 22.4. The molecule has 1 fully saturated rings. The molecule has 1 aliphatic rings. The topological polar surface area (TPSA) is 149 Å². The van der Waals surface area contributed by atoms with E-state index in [9.17, 15) is 30.3 Å². The van der Waals surface area contributed by atoms with E-state index in [-0.39, 0.29) is 12.5 Å². The molecule has 1 aliphatic heterocycles. The van der Waals surface area contributed by atoms with Crippen molar-refractivity contribution >= 4 is 5.91 Å². The van der Waals surface area contributed by atoms with Crippen LogP contribution in [0.4, 0.5) is 0 Å². The number of amides is 1. The Kier molecular flexibility index (Phi) is 30.7. The summed E-state index contributed by atoms with van der Waals surface area (Å²) in [6.45, 7) is 3.75. The van der Waals surface area contributed by atoms with E-state index in [0.29, 0.717) is 12.8 Å². The summed E-state index contributed by atoms with van der Waals surface area (Å²) in [5.41, 5.74) is 0. The van der Waals surface area contributed by atoms with Gasteiger partial charge < -0.3 is 40.3 Å². The van der Waals surface area contributed by atoms with E-state index in [0.717, 1.165) is 70.6 Å². The van der Waals surface area contributed by atoms with Crippen molar-refractivity contribution < 1.29 is 39.8 Å². The van der Waals surface area contributed by atoms with Gasteiger partial charge in [-0.2, -0.15) is 0 Å². The number of unbranched alkanes of at least 4 members (excludes halogenated alkanes) is 17. The molecule has 0 saturated carbocycles. The Balaban J connectivity index is 2.43. The third kappa shape index (κ3) is 24.4. The van der Waals surface area contributed by atoms with Gasteiger partial charge >= 0.3 is 0 Å². The first-order valence-corrected chi connectivity index (χ1v) is 20.7. The molecule has 0 aliphatic carbocycles. The van der Waals surface area contributed by atoms with Crippen LogP contribution in [-0.2, 0) is 14.3 Å². The smallest absolute Gasteiger partial charge is 0.220 e. The van der Waals surface area contributed by atoms with Crippen LogP contribution in [0.1, 0.15) is 168 Å². The highest BCUT2D eigenvalue weighted by molar-refractivity contribution is 5.76. The van der Waals surface area contributed by atoms with Gasteiger partial charge in [0.1, 0.15) is 24.4 Å². The highest BCUT2D eigenvalue weighted by Crippen LogP contribution is 2.23. The molecule has 0 spiro atoms. The van der Waals surface area contributed by atoms with E-state index < -0.39 is 49.5 Å². The maximum absolute atomic E-state index is 12.9. The van der Waals surface area contributed by atoms with Crippen LogP contribution >= 0.6 is 0 Å². The van der Waals surface area contributed by atoms with Crippen LogP contribution in [0.2, 0.25) is 0 Å². The van der Waals surface area contributed by atoms with Gasteiger partial charge in [0.2, 0.25) is 5.91 Å². The molecule has 0 aromatic heterocycles. The second-order valence-corrected chi connectivity index (χ2v) is 14.4. The lowest BCUT2D eigenvalue weighted by molar-refractivity contribution is -0.302. The van der Waals surface area contributed by atoms with Gasteiger partial charge in [0.25, 0.3) is 0 Å². The predicted octanol–water partition coefficient (Wildman–Crippen LogP) is 7.72. The first-order valence-electron chi connectivity index (χ1n) is 20.7. The highest BCUT2D eigenvalue weighted by Gasteiger charge is 2.44. The van der Waals surface area contributed by atoms with Gasteiger partial charge in [0, 0.05) is 6.42 Å². The zero-order valence-electron chi connectivity index (χ0n) is 32.4. The zero-order valence-corrected chi connectivity index (χ0v) is 32.4. The lowest BCUT2D eigenvalue weighted by Crippen LogP contribution is -2.60. The first kappa shape index (κ1) is 47.4. The quantitative estimate of drug-likeness (QED) is 0.0298. The monoisotopic (exact) mass is 724 g/mol. The van der Waals surface area contributed by atoms with Crippen LogP contribution in [0.5, 0.6) is 0 Å². The summed E-state index contributed by atoms with van der Waals surface area (Å²) in [6, 6.07) is -0.740. The van der Waals surface area contributed by atoms with Crippen LogP contribution in [0.3, 0.4) is 0 Å². The van der Waals surface area contributed by atoms with Crippen molar-refractivity contribution in [3.8, 4) is 0 Å². The predicted molar refractivity (Wildman–Crippen MR) is 207 cm³/mol. The molecule has 9 heteroatoms. The number of aliphatic hydroxyl groups is 5. The molecule has 1 rings (SSSR count). The Labute approximate surface area is 311 Å². The maximum atomic E-state index is 12.9. The van der Waals surface area contributed by atoms with E-state index in [2.05, 4.69) is 55.6 Å². The summed E-state index contributed by atoms with van der Waals surface area (Å²) in [7, 11) is 0. The van der Waals surface area contributed by atoms with Crippen LogP contribution in [0.15, 0.2) is 36.5 Å². The van der Waals surface area contributed by atoms with Crippen molar-refractivity contribution in [1.82, 2.24) is 5.32 Å². The Bertz CT molecular complexity index is 894. The van der Waals surface area contributed by atoms with E-state index in [4.69, 9.17) is 9.47 Å². The third-order valence-electron chi connectivity index (χ3n) is 9.72. The minimum Gasteiger partial charge on any atom is -0.394 e. The molecule has 6 N–H and O–H groups in total. The fraction of sp³-hybridized carbons (Fsp3) is 0.833. The zero-order chi connectivity index (χ0) is 37.4. The summed E-state index contributed by atoms with van der Waals surface area (Å²) < 4.78 is 11.2. The molecular formula is C42H77NO8. The van der Waals surface area contributed by atoms with E-state index in [1.165, 1.54) is 70.6 Å². The van der Waals surface area contributed by atoms with E-state index in [1.807, 2.05) is 0 Å². The number of ether oxygens (including phenoxy) is 2. The minimum atomic E-state index is -1.56. The number of hydrogen-bond acceptors (Lipinski definition) is 8. The highest BCUT2D eigenvalue weighted by atomic mass is 16.7. The summed E-state index contributed by atoms with van der Waals surface area (Å²) in [6.07, 6.45) is 31.5. The molecule has 0 aromatic rings. The Morgan fingerprint density at radius 1 is 0.667 bits per heavy atom. The minimum absolute atomic E-state index is 0.157. The van der Waals surface area contributed by atoms with Crippen LogP contribution < -0.4 is 5.32 Å². The van der Waals surface area contributed by atoms with E-state index >= 15 is 0 Å². The van der Waals surface area contributed by atoms with Gasteiger partial charge in [0.05, 0.1) is 25.4 Å². The van der Waals surface area contributed by atoms with Crippen molar-refractivity contribution in [2.45, 2.75) is 211 Å². The summed E-state index contributed by atoms with van der Waals surface area (Å²) in [5.74, 6) is -0.171. The molecule has 1 saturated heterocycles. The number of rotatable bonds is 33. The molecule has 2 unspecified atom stereocenters. The molecule has 298 valence electrons. The molecule has 0 radical (unpaired) electrons. The number of carbonyl (C=O) groups excluding carboxylic acids is 1. The van der Waals surface area contributed by atoms with Gasteiger partial charge in [-0.3, -0.25) is 4.79 Å². The number of allylic oxidation sites excluding steroid dienone is 6. The van der Waals surface area contributed by atoms with Gasteiger partial charge in [-0.25, -0.2) is 0 Å².